The SMILES string of the molecule is CCN(Cc1cccc(F)c1)C(=O)c1csc(CN)n1. The highest BCUT2D eigenvalue weighted by molar-refractivity contribution is 7.09. The number of hydrogen-bond acceptors (Lipinski definition) is 4. The predicted molar refractivity (Wildman–Crippen MR) is 76.8 cm³/mol. The second-order valence-electron chi connectivity index (χ2n) is 4.28. The van der Waals surface area contributed by atoms with Gasteiger partial charge in [-0.15, -0.1) is 11.3 Å². The fourth-order valence-corrected chi connectivity index (χ4v) is 2.50. The van der Waals surface area contributed by atoms with Crippen molar-refractivity contribution in [2.45, 2.75) is 20.0 Å². The largest absolute Gasteiger partial charge is 0.333 e. The second-order valence-corrected chi connectivity index (χ2v) is 5.22. The molecule has 0 fully saturated rings. The van der Waals surface area contributed by atoms with Crippen molar-refractivity contribution in [3.8, 4) is 0 Å². The lowest BCUT2D eigenvalue weighted by Gasteiger charge is -2.20. The van der Waals surface area contributed by atoms with E-state index in [0.29, 0.717) is 25.3 Å². The van der Waals surface area contributed by atoms with E-state index in [0.717, 1.165) is 10.6 Å². The number of benzene rings is 1. The minimum absolute atomic E-state index is 0.160. The van der Waals surface area contributed by atoms with Crippen LogP contribution in [0.5, 0.6) is 0 Å². The zero-order valence-electron chi connectivity index (χ0n) is 11.2. The zero-order chi connectivity index (χ0) is 14.5. The van der Waals surface area contributed by atoms with Crippen LogP contribution in [0, 0.1) is 5.82 Å². The highest BCUT2D eigenvalue weighted by Crippen LogP contribution is 2.14. The molecule has 0 aliphatic rings. The molecule has 0 aliphatic carbocycles. The van der Waals surface area contributed by atoms with Gasteiger partial charge in [-0.1, -0.05) is 12.1 Å². The first-order valence-electron chi connectivity index (χ1n) is 6.32. The minimum atomic E-state index is -0.301. The van der Waals surface area contributed by atoms with Gasteiger partial charge in [0.1, 0.15) is 16.5 Å². The van der Waals surface area contributed by atoms with Gasteiger partial charge >= 0.3 is 0 Å². The molecule has 0 saturated heterocycles. The summed E-state index contributed by atoms with van der Waals surface area (Å²) >= 11 is 1.37. The maximum atomic E-state index is 13.2. The van der Waals surface area contributed by atoms with Crippen molar-refractivity contribution in [2.24, 2.45) is 5.73 Å². The van der Waals surface area contributed by atoms with Crippen LogP contribution < -0.4 is 5.73 Å². The summed E-state index contributed by atoms with van der Waals surface area (Å²) in [5, 5.41) is 2.44. The number of amides is 1. The molecular formula is C14H16FN3OS. The van der Waals surface area contributed by atoms with E-state index in [1.165, 1.54) is 23.5 Å². The van der Waals surface area contributed by atoms with Crippen molar-refractivity contribution >= 4 is 17.2 Å². The van der Waals surface area contributed by atoms with E-state index < -0.39 is 0 Å². The number of carbonyl (C=O) groups excluding carboxylic acids is 1. The van der Waals surface area contributed by atoms with Gasteiger partial charge in [-0.2, -0.15) is 0 Å². The monoisotopic (exact) mass is 293 g/mol. The first-order valence-corrected chi connectivity index (χ1v) is 7.20. The lowest BCUT2D eigenvalue weighted by atomic mass is 10.2. The average Bonchev–Trinajstić information content (AvgIpc) is 2.93. The average molecular weight is 293 g/mol. The van der Waals surface area contributed by atoms with E-state index in [9.17, 15) is 9.18 Å². The second kappa shape index (κ2) is 6.58. The van der Waals surface area contributed by atoms with Crippen LogP contribution in [-0.4, -0.2) is 22.3 Å². The Balaban J connectivity index is 2.13. The third-order valence-electron chi connectivity index (χ3n) is 2.88. The van der Waals surface area contributed by atoms with Gasteiger partial charge in [-0.25, -0.2) is 9.37 Å². The molecule has 1 amide bonds. The van der Waals surface area contributed by atoms with E-state index in [-0.39, 0.29) is 11.7 Å². The Bertz CT molecular complexity index is 600. The number of hydrogen-bond donors (Lipinski definition) is 1. The molecule has 2 aromatic rings. The van der Waals surface area contributed by atoms with Crippen LogP contribution in [0.25, 0.3) is 0 Å². The van der Waals surface area contributed by atoms with Gasteiger partial charge in [0.05, 0.1) is 0 Å². The summed E-state index contributed by atoms with van der Waals surface area (Å²) in [6.45, 7) is 3.11. The fraction of sp³-hybridized carbons (Fsp3) is 0.286. The summed E-state index contributed by atoms with van der Waals surface area (Å²) in [5.41, 5.74) is 6.65. The normalized spacial score (nSPS) is 10.6. The molecule has 1 heterocycles. The summed E-state index contributed by atoms with van der Waals surface area (Å²) in [4.78, 5) is 18.1. The third-order valence-corrected chi connectivity index (χ3v) is 3.75. The van der Waals surface area contributed by atoms with Crippen LogP contribution in [0.3, 0.4) is 0 Å². The molecule has 0 unspecified atom stereocenters. The summed E-state index contributed by atoms with van der Waals surface area (Å²) in [6, 6.07) is 6.25. The number of halogens is 1. The van der Waals surface area contributed by atoms with Crippen molar-refractivity contribution in [3.05, 3.63) is 51.7 Å². The Hall–Kier alpha value is -1.79. The van der Waals surface area contributed by atoms with Gasteiger partial charge in [0, 0.05) is 25.0 Å². The highest BCUT2D eigenvalue weighted by atomic mass is 32.1. The Kier molecular flexibility index (Phi) is 4.81. The molecule has 6 heteroatoms. The Morgan fingerprint density at radius 2 is 2.30 bits per heavy atom. The van der Waals surface area contributed by atoms with Crippen molar-refractivity contribution < 1.29 is 9.18 Å². The summed E-state index contributed by atoms with van der Waals surface area (Å²) in [5.74, 6) is -0.460. The van der Waals surface area contributed by atoms with Gasteiger partial charge in [0.25, 0.3) is 5.91 Å². The van der Waals surface area contributed by atoms with Crippen LogP contribution in [0.15, 0.2) is 29.6 Å². The molecule has 106 valence electrons. The molecule has 0 radical (unpaired) electrons. The number of nitrogens with two attached hydrogens (primary N) is 1. The van der Waals surface area contributed by atoms with Crippen molar-refractivity contribution in [1.29, 1.82) is 0 Å². The lowest BCUT2D eigenvalue weighted by Crippen LogP contribution is -2.30. The molecule has 20 heavy (non-hydrogen) atoms. The number of rotatable bonds is 5. The molecular weight excluding hydrogens is 277 g/mol. The van der Waals surface area contributed by atoms with Gasteiger partial charge in [0.2, 0.25) is 0 Å². The molecule has 0 atom stereocenters. The first-order chi connectivity index (χ1) is 9.63. The molecule has 1 aromatic carbocycles. The number of nitrogens with zero attached hydrogens (tertiary/aromatic N) is 2. The van der Waals surface area contributed by atoms with E-state index in [1.54, 1.807) is 22.4 Å². The highest BCUT2D eigenvalue weighted by Gasteiger charge is 2.17. The lowest BCUT2D eigenvalue weighted by molar-refractivity contribution is 0.0747. The van der Waals surface area contributed by atoms with Crippen LogP contribution in [0.4, 0.5) is 4.39 Å². The molecule has 0 aliphatic heterocycles. The van der Waals surface area contributed by atoms with Gasteiger partial charge in [-0.3, -0.25) is 4.79 Å². The Morgan fingerprint density at radius 1 is 1.50 bits per heavy atom. The minimum Gasteiger partial charge on any atom is -0.333 e. The maximum Gasteiger partial charge on any atom is 0.273 e. The Morgan fingerprint density at radius 3 is 2.90 bits per heavy atom. The quantitative estimate of drug-likeness (QED) is 0.921. The van der Waals surface area contributed by atoms with E-state index in [1.807, 2.05) is 6.92 Å². The number of carbonyl (C=O) groups is 1. The smallest absolute Gasteiger partial charge is 0.273 e. The zero-order valence-corrected chi connectivity index (χ0v) is 12.0. The van der Waals surface area contributed by atoms with Crippen molar-refractivity contribution in [3.63, 3.8) is 0 Å². The van der Waals surface area contributed by atoms with Gasteiger partial charge < -0.3 is 10.6 Å². The summed E-state index contributed by atoms with van der Waals surface area (Å²) in [7, 11) is 0. The molecule has 2 N–H and O–H groups in total. The fourth-order valence-electron chi connectivity index (χ4n) is 1.85. The molecule has 4 nitrogen and oxygen atoms in total. The van der Waals surface area contributed by atoms with Crippen LogP contribution in [0.2, 0.25) is 0 Å². The van der Waals surface area contributed by atoms with E-state index >= 15 is 0 Å². The molecule has 0 saturated carbocycles. The third kappa shape index (κ3) is 3.40. The van der Waals surface area contributed by atoms with Crippen molar-refractivity contribution in [1.82, 2.24) is 9.88 Å². The molecule has 1 aromatic heterocycles. The van der Waals surface area contributed by atoms with E-state index in [4.69, 9.17) is 5.73 Å². The van der Waals surface area contributed by atoms with Crippen LogP contribution in [-0.2, 0) is 13.1 Å². The first kappa shape index (κ1) is 14.6. The van der Waals surface area contributed by atoms with Crippen LogP contribution in [0.1, 0.15) is 28.0 Å². The predicted octanol–water partition coefficient (Wildman–Crippen LogP) is 2.40. The number of thiazole rings is 1. The summed E-state index contributed by atoms with van der Waals surface area (Å²) in [6.07, 6.45) is 0. The molecule has 0 bridgehead atoms. The molecule has 2 rings (SSSR count). The molecule has 0 spiro atoms. The van der Waals surface area contributed by atoms with Crippen LogP contribution >= 0.6 is 11.3 Å². The maximum absolute atomic E-state index is 13.2. The Labute approximate surface area is 121 Å². The van der Waals surface area contributed by atoms with Gasteiger partial charge in [-0.05, 0) is 24.6 Å². The topological polar surface area (TPSA) is 59.2 Å². The summed E-state index contributed by atoms with van der Waals surface area (Å²) < 4.78 is 13.2. The standard InChI is InChI=1S/C14H16FN3OS/c1-2-18(8-10-4-3-5-11(15)6-10)14(19)12-9-20-13(7-16)17-12/h3-6,9H,2,7-8,16H2,1H3. The van der Waals surface area contributed by atoms with Gasteiger partial charge in [0.15, 0.2) is 0 Å². The van der Waals surface area contributed by atoms with E-state index in [2.05, 4.69) is 4.98 Å². The van der Waals surface area contributed by atoms with Crippen molar-refractivity contribution in [2.75, 3.05) is 6.54 Å². The number of aromatic nitrogens is 1.